The maximum absolute atomic E-state index is 10.3. The lowest BCUT2D eigenvalue weighted by Crippen LogP contribution is -1.95. The van der Waals surface area contributed by atoms with E-state index in [0.717, 1.165) is 5.52 Å². The van der Waals surface area contributed by atoms with Gasteiger partial charge in [-0.05, 0) is 12.1 Å². The van der Waals surface area contributed by atoms with Crippen LogP contribution in [0.15, 0.2) is 23.5 Å². The number of carboxylic acids is 1. The summed E-state index contributed by atoms with van der Waals surface area (Å²) in [5.41, 5.74) is 1.53. The molecule has 0 atom stereocenters. The molecule has 0 fully saturated rings. The van der Waals surface area contributed by atoms with E-state index in [1.54, 1.807) is 6.20 Å². The standard InChI is InChI=1S/C9H9N3O2S/c13-7(14)3-5-15-9-11-6-2-1-4-10-8(6)12-9/h1-2,4H,3,5H2,(H,13,14)(H,10,11,12). The first kappa shape index (κ1) is 9.97. The lowest BCUT2D eigenvalue weighted by Gasteiger charge is -1.92. The fourth-order valence-corrected chi connectivity index (χ4v) is 1.93. The van der Waals surface area contributed by atoms with Gasteiger partial charge >= 0.3 is 5.97 Å². The van der Waals surface area contributed by atoms with Crippen LogP contribution >= 0.6 is 11.8 Å². The van der Waals surface area contributed by atoms with Crippen LogP contribution in [-0.2, 0) is 4.79 Å². The number of nitrogens with one attached hydrogen (secondary N) is 1. The topological polar surface area (TPSA) is 78.9 Å². The molecule has 0 bridgehead atoms. The van der Waals surface area contributed by atoms with Crippen molar-refractivity contribution in [2.75, 3.05) is 5.75 Å². The summed E-state index contributed by atoms with van der Waals surface area (Å²) in [6, 6.07) is 3.71. The molecule has 0 aliphatic heterocycles. The van der Waals surface area contributed by atoms with Crippen molar-refractivity contribution >= 4 is 28.9 Å². The Morgan fingerprint density at radius 1 is 1.60 bits per heavy atom. The number of pyridine rings is 1. The zero-order valence-corrected chi connectivity index (χ0v) is 8.62. The highest BCUT2D eigenvalue weighted by atomic mass is 32.2. The normalized spacial score (nSPS) is 10.7. The molecule has 0 aliphatic rings. The van der Waals surface area contributed by atoms with Crippen LogP contribution < -0.4 is 0 Å². The summed E-state index contributed by atoms with van der Waals surface area (Å²) in [5.74, 6) is -0.286. The van der Waals surface area contributed by atoms with Crippen LogP contribution in [0, 0.1) is 0 Å². The molecule has 2 heterocycles. The van der Waals surface area contributed by atoms with Gasteiger partial charge in [0.25, 0.3) is 0 Å². The maximum Gasteiger partial charge on any atom is 0.304 e. The van der Waals surface area contributed by atoms with Gasteiger partial charge < -0.3 is 10.1 Å². The van der Waals surface area contributed by atoms with E-state index in [0.29, 0.717) is 16.6 Å². The number of imidazole rings is 1. The van der Waals surface area contributed by atoms with Gasteiger partial charge in [0.1, 0.15) is 0 Å². The third-order valence-corrected chi connectivity index (χ3v) is 2.67. The van der Waals surface area contributed by atoms with Gasteiger partial charge in [-0.1, -0.05) is 11.8 Å². The number of fused-ring (bicyclic) bond motifs is 1. The second kappa shape index (κ2) is 4.31. The van der Waals surface area contributed by atoms with E-state index >= 15 is 0 Å². The Kier molecular flexibility index (Phi) is 2.86. The monoisotopic (exact) mass is 223 g/mol. The molecule has 2 aromatic rings. The first-order chi connectivity index (χ1) is 7.25. The third-order valence-electron chi connectivity index (χ3n) is 1.79. The first-order valence-electron chi connectivity index (χ1n) is 4.41. The van der Waals surface area contributed by atoms with E-state index in [1.165, 1.54) is 11.8 Å². The van der Waals surface area contributed by atoms with Crippen LogP contribution in [0.3, 0.4) is 0 Å². The minimum absolute atomic E-state index is 0.134. The van der Waals surface area contributed by atoms with E-state index in [4.69, 9.17) is 5.11 Å². The number of nitrogens with zero attached hydrogens (tertiary/aromatic N) is 2. The molecule has 2 rings (SSSR count). The third kappa shape index (κ3) is 2.47. The van der Waals surface area contributed by atoms with Crippen LogP contribution in [0.1, 0.15) is 6.42 Å². The predicted molar refractivity (Wildman–Crippen MR) is 56.9 cm³/mol. The molecular formula is C9H9N3O2S. The average molecular weight is 223 g/mol. The number of aromatic amines is 1. The van der Waals surface area contributed by atoms with Crippen molar-refractivity contribution in [1.29, 1.82) is 0 Å². The minimum atomic E-state index is -0.795. The van der Waals surface area contributed by atoms with Crippen LogP contribution in [0.2, 0.25) is 0 Å². The van der Waals surface area contributed by atoms with E-state index < -0.39 is 5.97 Å². The lowest BCUT2D eigenvalue weighted by molar-refractivity contribution is -0.136. The summed E-state index contributed by atoms with van der Waals surface area (Å²) in [4.78, 5) is 21.7. The Bertz CT molecular complexity index is 450. The molecule has 0 unspecified atom stereocenters. The Balaban J connectivity index is 2.05. The number of H-pyrrole nitrogens is 1. The molecule has 6 heteroatoms. The molecule has 78 valence electrons. The smallest absolute Gasteiger partial charge is 0.304 e. The molecule has 0 aromatic carbocycles. The quantitative estimate of drug-likeness (QED) is 0.768. The molecule has 0 spiro atoms. The number of aromatic nitrogens is 3. The van der Waals surface area contributed by atoms with Gasteiger partial charge in [0.2, 0.25) is 0 Å². The summed E-state index contributed by atoms with van der Waals surface area (Å²) < 4.78 is 0. The molecule has 15 heavy (non-hydrogen) atoms. The average Bonchev–Trinajstić information content (AvgIpc) is 2.59. The Morgan fingerprint density at radius 2 is 2.47 bits per heavy atom. The number of thioether (sulfide) groups is 1. The zero-order chi connectivity index (χ0) is 10.7. The van der Waals surface area contributed by atoms with Crippen molar-refractivity contribution in [3.8, 4) is 0 Å². The highest BCUT2D eigenvalue weighted by molar-refractivity contribution is 7.99. The van der Waals surface area contributed by atoms with Crippen molar-refractivity contribution in [2.45, 2.75) is 11.6 Å². The molecule has 2 aromatic heterocycles. The fourth-order valence-electron chi connectivity index (χ4n) is 1.13. The van der Waals surface area contributed by atoms with E-state index in [1.807, 2.05) is 12.1 Å². The molecule has 0 aliphatic carbocycles. The van der Waals surface area contributed by atoms with Gasteiger partial charge in [0, 0.05) is 11.9 Å². The largest absolute Gasteiger partial charge is 0.481 e. The fraction of sp³-hybridized carbons (Fsp3) is 0.222. The highest BCUT2D eigenvalue weighted by Crippen LogP contribution is 2.18. The van der Waals surface area contributed by atoms with Crippen molar-refractivity contribution in [3.63, 3.8) is 0 Å². The highest BCUT2D eigenvalue weighted by Gasteiger charge is 2.04. The summed E-state index contributed by atoms with van der Waals surface area (Å²) in [6.45, 7) is 0. The Labute approximate surface area is 89.9 Å². The number of carboxylic acid groups (broad SMARTS) is 1. The van der Waals surface area contributed by atoms with Crippen molar-refractivity contribution < 1.29 is 9.90 Å². The SMILES string of the molecule is O=C(O)CCSc1nc2ncccc2[nH]1. The molecule has 5 nitrogen and oxygen atoms in total. The summed E-state index contributed by atoms with van der Waals surface area (Å²) in [7, 11) is 0. The summed E-state index contributed by atoms with van der Waals surface area (Å²) in [5, 5.41) is 9.19. The van der Waals surface area contributed by atoms with E-state index in [2.05, 4.69) is 15.0 Å². The molecule has 0 saturated carbocycles. The van der Waals surface area contributed by atoms with Crippen molar-refractivity contribution in [1.82, 2.24) is 15.0 Å². The van der Waals surface area contributed by atoms with E-state index in [-0.39, 0.29) is 6.42 Å². The Hall–Kier alpha value is -1.56. The van der Waals surface area contributed by atoms with E-state index in [9.17, 15) is 4.79 Å². The van der Waals surface area contributed by atoms with Crippen molar-refractivity contribution in [2.24, 2.45) is 0 Å². The molecule has 0 saturated heterocycles. The van der Waals surface area contributed by atoms with Crippen LogP contribution in [0.25, 0.3) is 11.2 Å². The van der Waals surface area contributed by atoms with Crippen LogP contribution in [0.4, 0.5) is 0 Å². The maximum atomic E-state index is 10.3. The van der Waals surface area contributed by atoms with Gasteiger partial charge in [-0.25, -0.2) is 9.97 Å². The van der Waals surface area contributed by atoms with Gasteiger partial charge in [-0.2, -0.15) is 0 Å². The summed E-state index contributed by atoms with van der Waals surface area (Å²) in [6.07, 6.45) is 1.81. The van der Waals surface area contributed by atoms with Crippen LogP contribution in [0.5, 0.6) is 0 Å². The minimum Gasteiger partial charge on any atom is -0.481 e. The second-order valence-corrected chi connectivity index (χ2v) is 3.99. The van der Waals surface area contributed by atoms with Gasteiger partial charge in [-0.3, -0.25) is 4.79 Å². The molecular weight excluding hydrogens is 214 g/mol. The number of carbonyl (C=O) groups is 1. The molecule has 0 radical (unpaired) electrons. The summed E-state index contributed by atoms with van der Waals surface area (Å²) >= 11 is 1.39. The van der Waals surface area contributed by atoms with Gasteiger partial charge in [0.15, 0.2) is 10.8 Å². The van der Waals surface area contributed by atoms with Gasteiger partial charge in [-0.15, -0.1) is 0 Å². The molecule has 2 N–H and O–H groups in total. The Morgan fingerprint density at radius 3 is 3.20 bits per heavy atom. The lowest BCUT2D eigenvalue weighted by atomic mass is 10.4. The zero-order valence-electron chi connectivity index (χ0n) is 7.80. The predicted octanol–water partition coefficient (Wildman–Crippen LogP) is 1.52. The van der Waals surface area contributed by atoms with Crippen molar-refractivity contribution in [3.05, 3.63) is 18.3 Å². The first-order valence-corrected chi connectivity index (χ1v) is 5.39. The second-order valence-electron chi connectivity index (χ2n) is 2.91. The number of hydrogen-bond donors (Lipinski definition) is 2. The number of hydrogen-bond acceptors (Lipinski definition) is 4. The number of aliphatic carboxylic acids is 1. The molecule has 0 amide bonds. The van der Waals surface area contributed by atoms with Crippen LogP contribution in [-0.4, -0.2) is 31.8 Å². The van der Waals surface area contributed by atoms with Gasteiger partial charge in [0.05, 0.1) is 11.9 Å². The number of rotatable bonds is 4.